The molecule has 3 nitrogen and oxygen atoms in total. The van der Waals surface area contributed by atoms with Gasteiger partial charge in [-0.25, -0.2) is 4.98 Å². The van der Waals surface area contributed by atoms with E-state index in [1.165, 1.54) is 37.1 Å². The minimum absolute atomic E-state index is 0.523. The molecular weight excluding hydrogens is 234 g/mol. The molecule has 19 heavy (non-hydrogen) atoms. The lowest BCUT2D eigenvalue weighted by atomic mass is 10.2. The van der Waals surface area contributed by atoms with Gasteiger partial charge in [0.1, 0.15) is 5.82 Å². The Morgan fingerprint density at radius 1 is 1.16 bits per heavy atom. The molecule has 1 N–H and O–H groups in total. The van der Waals surface area contributed by atoms with E-state index < -0.39 is 0 Å². The smallest absolute Gasteiger partial charge is 0.129 e. The maximum atomic E-state index is 4.72. The summed E-state index contributed by atoms with van der Waals surface area (Å²) in [5, 5.41) is 3.49. The van der Waals surface area contributed by atoms with Gasteiger partial charge in [0.25, 0.3) is 0 Å². The van der Waals surface area contributed by atoms with Gasteiger partial charge in [-0.1, -0.05) is 26.7 Å². The van der Waals surface area contributed by atoms with Crippen molar-refractivity contribution in [2.45, 2.75) is 59.0 Å². The van der Waals surface area contributed by atoms with Crippen LogP contribution in [0.4, 0.5) is 5.82 Å². The summed E-state index contributed by atoms with van der Waals surface area (Å²) in [4.78, 5) is 7.18. The summed E-state index contributed by atoms with van der Waals surface area (Å²) < 4.78 is 0. The van der Waals surface area contributed by atoms with Gasteiger partial charge in [0.2, 0.25) is 0 Å². The van der Waals surface area contributed by atoms with Crippen molar-refractivity contribution in [2.75, 3.05) is 18.0 Å². The normalized spacial score (nSPS) is 16.7. The van der Waals surface area contributed by atoms with Gasteiger partial charge in [-0.3, -0.25) is 0 Å². The van der Waals surface area contributed by atoms with Crippen LogP contribution >= 0.6 is 0 Å². The second-order valence-corrected chi connectivity index (χ2v) is 5.91. The Morgan fingerprint density at radius 2 is 1.84 bits per heavy atom. The predicted octanol–water partition coefficient (Wildman–Crippen LogP) is 3.27. The summed E-state index contributed by atoms with van der Waals surface area (Å²) >= 11 is 0. The summed E-state index contributed by atoms with van der Waals surface area (Å²) in [6.45, 7) is 9.72. The molecule has 2 rings (SSSR count). The fourth-order valence-electron chi connectivity index (χ4n) is 2.61. The first-order valence-corrected chi connectivity index (χ1v) is 7.61. The van der Waals surface area contributed by atoms with Crippen molar-refractivity contribution in [3.63, 3.8) is 0 Å². The first-order chi connectivity index (χ1) is 9.15. The quantitative estimate of drug-likeness (QED) is 0.901. The highest BCUT2D eigenvalue weighted by Gasteiger charge is 2.12. The molecule has 1 aromatic rings. The second-order valence-electron chi connectivity index (χ2n) is 5.91. The van der Waals surface area contributed by atoms with Crippen LogP contribution in [-0.4, -0.2) is 24.1 Å². The van der Waals surface area contributed by atoms with Gasteiger partial charge in [0.15, 0.2) is 0 Å². The zero-order valence-corrected chi connectivity index (χ0v) is 12.6. The lowest BCUT2D eigenvalue weighted by Crippen LogP contribution is -2.26. The van der Waals surface area contributed by atoms with Crippen LogP contribution in [-0.2, 0) is 6.54 Å². The molecule has 0 radical (unpaired) electrons. The minimum Gasteiger partial charge on any atom is -0.357 e. The van der Waals surface area contributed by atoms with Crippen LogP contribution in [0.3, 0.4) is 0 Å². The average molecular weight is 261 g/mol. The van der Waals surface area contributed by atoms with Crippen LogP contribution in [0.2, 0.25) is 0 Å². The van der Waals surface area contributed by atoms with Crippen LogP contribution in [0, 0.1) is 6.92 Å². The Morgan fingerprint density at radius 3 is 2.47 bits per heavy atom. The number of hydrogen-bond donors (Lipinski definition) is 1. The van der Waals surface area contributed by atoms with E-state index in [4.69, 9.17) is 4.98 Å². The molecule has 106 valence electrons. The predicted molar refractivity (Wildman–Crippen MR) is 81.6 cm³/mol. The van der Waals surface area contributed by atoms with Crippen molar-refractivity contribution in [2.24, 2.45) is 0 Å². The van der Waals surface area contributed by atoms with Crippen molar-refractivity contribution in [1.29, 1.82) is 0 Å². The molecule has 0 aromatic carbocycles. The van der Waals surface area contributed by atoms with Crippen molar-refractivity contribution >= 4 is 5.82 Å². The van der Waals surface area contributed by atoms with Gasteiger partial charge in [-0.05, 0) is 37.5 Å². The van der Waals surface area contributed by atoms with Crippen molar-refractivity contribution in [3.8, 4) is 0 Å². The maximum absolute atomic E-state index is 4.72. The number of rotatable bonds is 4. The molecule has 1 aliphatic rings. The van der Waals surface area contributed by atoms with Gasteiger partial charge in [-0.2, -0.15) is 0 Å². The highest BCUT2D eigenvalue weighted by Crippen LogP contribution is 2.19. The van der Waals surface area contributed by atoms with Crippen LogP contribution in [0.5, 0.6) is 0 Å². The van der Waals surface area contributed by atoms with Crippen molar-refractivity contribution in [3.05, 3.63) is 23.4 Å². The number of anilines is 1. The molecule has 0 amide bonds. The lowest BCUT2D eigenvalue weighted by Gasteiger charge is -2.22. The molecule has 3 heteroatoms. The molecule has 1 fully saturated rings. The van der Waals surface area contributed by atoms with E-state index in [-0.39, 0.29) is 0 Å². The fraction of sp³-hybridized carbons (Fsp3) is 0.688. The first-order valence-electron chi connectivity index (χ1n) is 7.61. The van der Waals surface area contributed by atoms with E-state index >= 15 is 0 Å². The third kappa shape index (κ3) is 4.50. The third-order valence-electron chi connectivity index (χ3n) is 3.64. The van der Waals surface area contributed by atoms with Crippen LogP contribution in [0.25, 0.3) is 0 Å². The summed E-state index contributed by atoms with van der Waals surface area (Å²) in [6.07, 6.45) is 5.33. The van der Waals surface area contributed by atoms with Crippen LogP contribution in [0.1, 0.15) is 50.8 Å². The molecule has 0 spiro atoms. The van der Waals surface area contributed by atoms with E-state index in [0.717, 1.165) is 25.3 Å². The van der Waals surface area contributed by atoms with Crippen LogP contribution in [0.15, 0.2) is 12.1 Å². The average Bonchev–Trinajstić information content (AvgIpc) is 2.64. The number of nitrogens with one attached hydrogen (secondary N) is 1. The van der Waals surface area contributed by atoms with E-state index in [1.807, 2.05) is 0 Å². The molecule has 1 aromatic heterocycles. The van der Waals surface area contributed by atoms with Crippen molar-refractivity contribution in [1.82, 2.24) is 10.3 Å². The van der Waals surface area contributed by atoms with E-state index in [0.29, 0.717) is 6.04 Å². The molecule has 2 heterocycles. The highest BCUT2D eigenvalue weighted by atomic mass is 15.2. The zero-order valence-electron chi connectivity index (χ0n) is 12.6. The van der Waals surface area contributed by atoms with Crippen LogP contribution < -0.4 is 10.2 Å². The second kappa shape index (κ2) is 6.90. The third-order valence-corrected chi connectivity index (χ3v) is 3.64. The molecule has 0 aliphatic carbocycles. The van der Waals surface area contributed by atoms with Gasteiger partial charge in [-0.15, -0.1) is 0 Å². The molecule has 0 atom stereocenters. The topological polar surface area (TPSA) is 28.2 Å². The largest absolute Gasteiger partial charge is 0.357 e. The molecule has 0 saturated carbocycles. The monoisotopic (exact) mass is 261 g/mol. The Hall–Kier alpha value is -1.09. The lowest BCUT2D eigenvalue weighted by molar-refractivity contribution is 0.588. The highest BCUT2D eigenvalue weighted by molar-refractivity contribution is 5.42. The molecule has 1 aliphatic heterocycles. The number of pyridine rings is 1. The zero-order chi connectivity index (χ0) is 13.7. The SMILES string of the molecule is Cc1cc(CNC(C)C)cc(N2CCCCCC2)n1. The Bertz CT molecular complexity index is 393. The summed E-state index contributed by atoms with van der Waals surface area (Å²) in [5.41, 5.74) is 2.47. The molecular formula is C16H27N3. The van der Waals surface area contributed by atoms with Gasteiger partial charge >= 0.3 is 0 Å². The number of hydrogen-bond acceptors (Lipinski definition) is 3. The van der Waals surface area contributed by atoms with Gasteiger partial charge < -0.3 is 10.2 Å². The summed E-state index contributed by atoms with van der Waals surface area (Å²) in [7, 11) is 0. The Kier molecular flexibility index (Phi) is 5.20. The van der Waals surface area contributed by atoms with E-state index in [1.54, 1.807) is 0 Å². The minimum atomic E-state index is 0.523. The molecule has 0 bridgehead atoms. The number of aryl methyl sites for hydroxylation is 1. The fourth-order valence-corrected chi connectivity index (χ4v) is 2.61. The number of nitrogens with zero attached hydrogens (tertiary/aromatic N) is 2. The molecule has 0 unspecified atom stereocenters. The Balaban J connectivity index is 2.10. The Labute approximate surface area is 117 Å². The number of aromatic nitrogens is 1. The van der Waals surface area contributed by atoms with E-state index in [9.17, 15) is 0 Å². The van der Waals surface area contributed by atoms with Gasteiger partial charge in [0.05, 0.1) is 0 Å². The van der Waals surface area contributed by atoms with E-state index in [2.05, 4.69) is 43.1 Å². The summed E-state index contributed by atoms with van der Waals surface area (Å²) in [5.74, 6) is 1.17. The summed E-state index contributed by atoms with van der Waals surface area (Å²) in [6, 6.07) is 4.97. The maximum Gasteiger partial charge on any atom is 0.129 e. The standard InChI is InChI=1S/C16H27N3/c1-13(2)17-12-15-10-14(3)18-16(11-15)19-8-6-4-5-7-9-19/h10-11,13,17H,4-9,12H2,1-3H3. The van der Waals surface area contributed by atoms with Crippen molar-refractivity contribution < 1.29 is 0 Å². The first kappa shape index (κ1) is 14.3. The van der Waals surface area contributed by atoms with Gasteiger partial charge in [0, 0.05) is 31.4 Å². The molecule has 1 saturated heterocycles.